The molecule has 0 radical (unpaired) electrons. The van der Waals surface area contributed by atoms with Gasteiger partial charge in [-0.05, 0) is 19.1 Å². The molecular formula is C21H23F2N5O3. The molecule has 1 atom stereocenters. The summed E-state index contributed by atoms with van der Waals surface area (Å²) in [5.74, 6) is 0.892. The van der Waals surface area contributed by atoms with Gasteiger partial charge >= 0.3 is 6.61 Å². The number of morpholine rings is 1. The molecule has 10 heteroatoms. The van der Waals surface area contributed by atoms with E-state index >= 15 is 0 Å². The molecule has 31 heavy (non-hydrogen) atoms. The molecule has 0 amide bonds. The monoisotopic (exact) mass is 431 g/mol. The molecule has 1 saturated heterocycles. The Morgan fingerprint density at radius 2 is 1.90 bits per heavy atom. The lowest BCUT2D eigenvalue weighted by atomic mass is 10.1. The number of aliphatic hydroxyl groups is 1. The smallest absolute Gasteiger partial charge is 0.346 e. The summed E-state index contributed by atoms with van der Waals surface area (Å²) < 4.78 is 37.1. The summed E-state index contributed by atoms with van der Waals surface area (Å²) in [5, 5.41) is 14.2. The van der Waals surface area contributed by atoms with Crippen LogP contribution in [0.25, 0.3) is 17.1 Å². The lowest BCUT2D eigenvalue weighted by Crippen LogP contribution is -2.37. The number of benzene rings is 1. The normalized spacial score (nSPS) is 15.5. The van der Waals surface area contributed by atoms with Crippen molar-refractivity contribution in [2.45, 2.75) is 19.6 Å². The minimum Gasteiger partial charge on any atom is -0.393 e. The third-order valence-electron chi connectivity index (χ3n) is 4.91. The fourth-order valence-electron chi connectivity index (χ4n) is 3.38. The fourth-order valence-corrected chi connectivity index (χ4v) is 3.38. The highest BCUT2D eigenvalue weighted by Gasteiger charge is 2.23. The van der Waals surface area contributed by atoms with Gasteiger partial charge in [0.15, 0.2) is 11.6 Å². The molecule has 3 aromatic rings. The van der Waals surface area contributed by atoms with Gasteiger partial charge in [-0.2, -0.15) is 13.9 Å². The maximum Gasteiger partial charge on any atom is 0.346 e. The number of anilines is 1. The Balaban J connectivity index is 1.73. The first kappa shape index (κ1) is 21.3. The third kappa shape index (κ3) is 5.04. The Kier molecular flexibility index (Phi) is 6.50. The van der Waals surface area contributed by atoms with Crippen molar-refractivity contribution in [3.05, 3.63) is 54.0 Å². The second-order valence-corrected chi connectivity index (χ2v) is 7.12. The lowest BCUT2D eigenvalue weighted by Gasteiger charge is -2.28. The Morgan fingerprint density at radius 3 is 2.61 bits per heavy atom. The number of aryl methyl sites for hydroxylation is 1. The van der Waals surface area contributed by atoms with Gasteiger partial charge in [0.2, 0.25) is 0 Å². The van der Waals surface area contributed by atoms with E-state index in [0.29, 0.717) is 37.9 Å². The molecule has 1 aliphatic rings. The van der Waals surface area contributed by atoms with Gasteiger partial charge in [-0.25, -0.2) is 14.6 Å². The van der Waals surface area contributed by atoms with Crippen LogP contribution in [0.5, 0.6) is 0 Å². The van der Waals surface area contributed by atoms with Crippen molar-refractivity contribution in [3.63, 3.8) is 0 Å². The number of halogens is 2. The van der Waals surface area contributed by atoms with E-state index in [0.717, 1.165) is 16.8 Å². The summed E-state index contributed by atoms with van der Waals surface area (Å²) >= 11 is 0. The number of hydrogen-bond donors (Lipinski definition) is 1. The van der Waals surface area contributed by atoms with Crippen LogP contribution in [0.3, 0.4) is 0 Å². The molecular weight excluding hydrogens is 408 g/mol. The van der Waals surface area contributed by atoms with Crippen LogP contribution in [-0.2, 0) is 9.47 Å². The Bertz CT molecular complexity index is 1020. The highest BCUT2D eigenvalue weighted by atomic mass is 19.3. The van der Waals surface area contributed by atoms with Gasteiger partial charge in [-0.1, -0.05) is 23.8 Å². The molecule has 1 fully saturated rings. The topological polar surface area (TPSA) is 85.5 Å². The molecule has 4 rings (SSSR count). The average Bonchev–Trinajstić information content (AvgIpc) is 3.28. The first-order valence-electron chi connectivity index (χ1n) is 9.92. The van der Waals surface area contributed by atoms with Crippen LogP contribution in [0.15, 0.2) is 42.6 Å². The van der Waals surface area contributed by atoms with Gasteiger partial charge in [0, 0.05) is 30.9 Å². The maximum absolute atomic E-state index is 12.8. The van der Waals surface area contributed by atoms with Crippen molar-refractivity contribution in [1.29, 1.82) is 0 Å². The van der Waals surface area contributed by atoms with E-state index in [1.54, 1.807) is 16.9 Å². The van der Waals surface area contributed by atoms with Gasteiger partial charge < -0.3 is 19.5 Å². The largest absolute Gasteiger partial charge is 0.393 e. The minimum atomic E-state index is -3.06. The highest BCUT2D eigenvalue weighted by Crippen LogP contribution is 2.24. The zero-order valence-corrected chi connectivity index (χ0v) is 17.0. The van der Waals surface area contributed by atoms with Crippen LogP contribution in [0.1, 0.15) is 17.5 Å². The minimum absolute atomic E-state index is 0.0330. The predicted molar refractivity (Wildman–Crippen MR) is 109 cm³/mol. The van der Waals surface area contributed by atoms with Crippen molar-refractivity contribution in [2.24, 2.45) is 0 Å². The quantitative estimate of drug-likeness (QED) is 0.616. The summed E-state index contributed by atoms with van der Waals surface area (Å²) in [6.07, 6.45) is 0.390. The Morgan fingerprint density at radius 1 is 1.13 bits per heavy atom. The van der Waals surface area contributed by atoms with Crippen LogP contribution >= 0.6 is 0 Å². The Hall–Kier alpha value is -2.95. The molecule has 0 saturated carbocycles. The average molecular weight is 431 g/mol. The zero-order chi connectivity index (χ0) is 21.8. The summed E-state index contributed by atoms with van der Waals surface area (Å²) in [6.45, 7) is 0.532. The fraction of sp³-hybridized carbons (Fsp3) is 0.381. The zero-order valence-electron chi connectivity index (χ0n) is 17.0. The molecule has 0 bridgehead atoms. The number of ether oxygens (including phenoxy) is 2. The molecule has 164 valence electrons. The second kappa shape index (κ2) is 9.46. The van der Waals surface area contributed by atoms with E-state index < -0.39 is 19.3 Å². The standard InChI is InChI=1S/C21H23F2N5O3/c1-14-3-2-4-15(11-14)16-5-6-28(26-16)19-12-18(27-7-9-30-10-8-27)24-20(25-19)17(13-29)31-21(22)23/h2-6,11-12,17,21,29H,7-10,13H2,1H3. The maximum atomic E-state index is 12.8. The molecule has 1 unspecified atom stereocenters. The molecule has 1 aliphatic heterocycles. The number of aliphatic hydroxyl groups excluding tert-OH is 1. The van der Waals surface area contributed by atoms with Crippen LogP contribution < -0.4 is 4.90 Å². The molecule has 1 N–H and O–H groups in total. The SMILES string of the molecule is Cc1cccc(-c2ccn(-c3cc(N4CCOCC4)nc(C(CO)OC(F)F)n3)n2)c1. The third-order valence-corrected chi connectivity index (χ3v) is 4.91. The van der Waals surface area contributed by atoms with Crippen molar-refractivity contribution < 1.29 is 23.4 Å². The summed E-state index contributed by atoms with van der Waals surface area (Å²) in [6, 6.07) is 11.5. The molecule has 0 spiro atoms. The van der Waals surface area contributed by atoms with Gasteiger partial charge in [-0.3, -0.25) is 0 Å². The summed E-state index contributed by atoms with van der Waals surface area (Å²) in [7, 11) is 0. The van der Waals surface area contributed by atoms with Crippen LogP contribution in [0.4, 0.5) is 14.6 Å². The number of hydrogen-bond acceptors (Lipinski definition) is 7. The van der Waals surface area contributed by atoms with E-state index in [1.807, 2.05) is 42.2 Å². The Labute approximate surface area is 178 Å². The van der Waals surface area contributed by atoms with Crippen molar-refractivity contribution in [1.82, 2.24) is 19.7 Å². The molecule has 3 heterocycles. The van der Waals surface area contributed by atoms with Crippen molar-refractivity contribution >= 4 is 5.82 Å². The van der Waals surface area contributed by atoms with Gasteiger partial charge in [0.25, 0.3) is 0 Å². The molecule has 8 nitrogen and oxygen atoms in total. The highest BCUT2D eigenvalue weighted by molar-refractivity contribution is 5.60. The molecule has 0 aliphatic carbocycles. The lowest BCUT2D eigenvalue weighted by molar-refractivity contribution is -0.176. The van der Waals surface area contributed by atoms with E-state index in [9.17, 15) is 13.9 Å². The van der Waals surface area contributed by atoms with Crippen LogP contribution in [0, 0.1) is 6.92 Å². The van der Waals surface area contributed by atoms with Crippen molar-refractivity contribution in [2.75, 3.05) is 37.8 Å². The van der Waals surface area contributed by atoms with Gasteiger partial charge in [0.1, 0.15) is 11.9 Å². The molecule has 2 aromatic heterocycles. The number of nitrogens with zero attached hydrogens (tertiary/aromatic N) is 5. The number of alkyl halides is 2. The van der Waals surface area contributed by atoms with E-state index in [-0.39, 0.29) is 5.82 Å². The number of aromatic nitrogens is 4. The van der Waals surface area contributed by atoms with Gasteiger partial charge in [-0.15, -0.1) is 0 Å². The summed E-state index contributed by atoms with van der Waals surface area (Å²) in [5.41, 5.74) is 2.82. The van der Waals surface area contributed by atoms with Crippen LogP contribution in [0.2, 0.25) is 0 Å². The van der Waals surface area contributed by atoms with Crippen molar-refractivity contribution in [3.8, 4) is 17.1 Å². The second-order valence-electron chi connectivity index (χ2n) is 7.12. The first-order chi connectivity index (χ1) is 15.0. The van der Waals surface area contributed by atoms with E-state index in [4.69, 9.17) is 4.74 Å². The van der Waals surface area contributed by atoms with E-state index in [2.05, 4.69) is 19.8 Å². The predicted octanol–water partition coefficient (Wildman–Crippen LogP) is 2.75. The molecule has 1 aromatic carbocycles. The first-order valence-corrected chi connectivity index (χ1v) is 9.92. The number of rotatable bonds is 7. The van der Waals surface area contributed by atoms with E-state index in [1.165, 1.54) is 0 Å². The van der Waals surface area contributed by atoms with Gasteiger partial charge in [0.05, 0.1) is 25.5 Å². The van der Waals surface area contributed by atoms with Crippen LogP contribution in [-0.4, -0.2) is 64.4 Å². The summed E-state index contributed by atoms with van der Waals surface area (Å²) in [4.78, 5) is 10.7.